The van der Waals surface area contributed by atoms with E-state index in [9.17, 15) is 13.2 Å². The number of carbonyl (C=O) groups is 1. The zero-order valence-corrected chi connectivity index (χ0v) is 17.8. The third kappa shape index (κ3) is 4.07. The Morgan fingerprint density at radius 2 is 1.93 bits per heavy atom. The number of imidazole rings is 1. The smallest absolute Gasteiger partial charge is 0.243 e. The Kier molecular flexibility index (Phi) is 6.40. The summed E-state index contributed by atoms with van der Waals surface area (Å²) in [6.45, 7) is 6.69. The van der Waals surface area contributed by atoms with E-state index in [4.69, 9.17) is 4.98 Å². The monoisotopic (exact) mass is 406 g/mol. The van der Waals surface area contributed by atoms with E-state index in [2.05, 4.69) is 11.5 Å². The minimum Gasteiger partial charge on any atom is -0.346 e. The van der Waals surface area contributed by atoms with Gasteiger partial charge in [0.25, 0.3) is 0 Å². The van der Waals surface area contributed by atoms with Gasteiger partial charge in [-0.3, -0.25) is 4.79 Å². The number of aromatic nitrogens is 2. The Balaban J connectivity index is 1.92. The Bertz CT molecular complexity index is 946. The van der Waals surface area contributed by atoms with E-state index in [1.165, 1.54) is 0 Å². The van der Waals surface area contributed by atoms with Gasteiger partial charge in [-0.25, -0.2) is 13.4 Å². The standard InChI is InChI=1S/C20H30N4O3S/c1-4-12-24-18-9-8-16(28(26,27)23-13-6-7-14-23)15-17(18)21-19(24)10-11-20(25)22(3)5-2/h8-9,15H,4-7,10-14H2,1-3H3. The summed E-state index contributed by atoms with van der Waals surface area (Å²) in [6.07, 6.45) is 3.71. The molecule has 0 atom stereocenters. The molecule has 0 N–H and O–H groups in total. The second-order valence-corrected chi connectivity index (χ2v) is 9.29. The zero-order chi connectivity index (χ0) is 20.3. The maximum atomic E-state index is 12.9. The van der Waals surface area contributed by atoms with Gasteiger partial charge in [0, 0.05) is 46.1 Å². The molecule has 3 rings (SSSR count). The van der Waals surface area contributed by atoms with Crippen LogP contribution in [-0.4, -0.2) is 59.8 Å². The molecule has 0 unspecified atom stereocenters. The molecule has 154 valence electrons. The third-order valence-corrected chi connectivity index (χ3v) is 7.31. The van der Waals surface area contributed by atoms with E-state index >= 15 is 0 Å². The summed E-state index contributed by atoms with van der Waals surface area (Å²) in [7, 11) is -1.66. The fourth-order valence-corrected chi connectivity index (χ4v) is 5.19. The van der Waals surface area contributed by atoms with Gasteiger partial charge in [0.05, 0.1) is 15.9 Å². The minimum atomic E-state index is -3.46. The number of fused-ring (bicyclic) bond motifs is 1. The summed E-state index contributed by atoms with van der Waals surface area (Å²) < 4.78 is 29.4. The number of carbonyl (C=O) groups excluding carboxylic acids is 1. The van der Waals surface area contributed by atoms with Crippen molar-refractivity contribution in [1.82, 2.24) is 18.8 Å². The first-order chi connectivity index (χ1) is 13.4. The van der Waals surface area contributed by atoms with Gasteiger partial charge in [0.1, 0.15) is 5.82 Å². The first-order valence-corrected chi connectivity index (χ1v) is 11.6. The van der Waals surface area contributed by atoms with Crippen molar-refractivity contribution < 1.29 is 13.2 Å². The van der Waals surface area contributed by atoms with Crippen molar-refractivity contribution >= 4 is 27.0 Å². The summed E-state index contributed by atoms with van der Waals surface area (Å²) >= 11 is 0. The molecule has 1 aromatic heterocycles. The number of sulfonamides is 1. The Morgan fingerprint density at radius 1 is 1.21 bits per heavy atom. The fourth-order valence-electron chi connectivity index (χ4n) is 3.65. The molecule has 1 amide bonds. The van der Waals surface area contributed by atoms with Gasteiger partial charge < -0.3 is 9.47 Å². The third-order valence-electron chi connectivity index (χ3n) is 5.41. The van der Waals surface area contributed by atoms with Crippen LogP contribution < -0.4 is 0 Å². The number of hydrogen-bond donors (Lipinski definition) is 0. The van der Waals surface area contributed by atoms with E-state index in [1.807, 2.05) is 13.0 Å². The lowest BCUT2D eigenvalue weighted by molar-refractivity contribution is -0.129. The highest BCUT2D eigenvalue weighted by atomic mass is 32.2. The van der Waals surface area contributed by atoms with Crippen molar-refractivity contribution in [1.29, 1.82) is 0 Å². The van der Waals surface area contributed by atoms with Crippen LogP contribution in [-0.2, 0) is 27.8 Å². The molecule has 1 aromatic carbocycles. The molecule has 0 saturated carbocycles. The second-order valence-electron chi connectivity index (χ2n) is 7.35. The molecule has 2 heterocycles. The van der Waals surface area contributed by atoms with E-state index in [-0.39, 0.29) is 5.91 Å². The fraction of sp³-hybridized carbons (Fsp3) is 0.600. The van der Waals surface area contributed by atoms with Gasteiger partial charge in [-0.2, -0.15) is 4.31 Å². The van der Waals surface area contributed by atoms with Crippen LogP contribution in [0.15, 0.2) is 23.1 Å². The van der Waals surface area contributed by atoms with E-state index in [1.54, 1.807) is 28.4 Å². The van der Waals surface area contributed by atoms with Crippen LogP contribution in [0.3, 0.4) is 0 Å². The summed E-state index contributed by atoms with van der Waals surface area (Å²) in [4.78, 5) is 18.9. The molecule has 2 aromatic rings. The van der Waals surface area contributed by atoms with Crippen LogP contribution in [0.1, 0.15) is 45.4 Å². The minimum absolute atomic E-state index is 0.0925. The van der Waals surface area contributed by atoms with Crippen LogP contribution in [0.4, 0.5) is 0 Å². The summed E-state index contributed by atoms with van der Waals surface area (Å²) in [5.74, 6) is 0.931. The predicted octanol–water partition coefficient (Wildman–Crippen LogP) is 2.64. The molecule has 0 bridgehead atoms. The molecule has 7 nitrogen and oxygen atoms in total. The van der Waals surface area contributed by atoms with Gasteiger partial charge in [-0.1, -0.05) is 6.92 Å². The topological polar surface area (TPSA) is 75.5 Å². The van der Waals surface area contributed by atoms with Crippen molar-refractivity contribution in [2.75, 3.05) is 26.7 Å². The lowest BCUT2D eigenvalue weighted by Crippen LogP contribution is -2.27. The maximum absolute atomic E-state index is 12.9. The molecule has 1 fully saturated rings. The van der Waals surface area contributed by atoms with E-state index in [0.29, 0.717) is 42.9 Å². The molecule has 0 radical (unpaired) electrons. The molecule has 1 aliphatic heterocycles. The normalized spacial score (nSPS) is 15.4. The van der Waals surface area contributed by atoms with Crippen molar-refractivity contribution in [3.63, 3.8) is 0 Å². The molecule has 28 heavy (non-hydrogen) atoms. The maximum Gasteiger partial charge on any atom is 0.243 e. The van der Waals surface area contributed by atoms with Gasteiger partial charge in [0.15, 0.2) is 0 Å². The predicted molar refractivity (Wildman–Crippen MR) is 110 cm³/mol. The zero-order valence-electron chi connectivity index (χ0n) is 17.0. The summed E-state index contributed by atoms with van der Waals surface area (Å²) in [6, 6.07) is 5.21. The first-order valence-electron chi connectivity index (χ1n) is 10.1. The average molecular weight is 407 g/mol. The summed E-state index contributed by atoms with van der Waals surface area (Å²) in [5.41, 5.74) is 1.61. The molecule has 0 spiro atoms. The number of nitrogens with zero attached hydrogens (tertiary/aromatic N) is 4. The molecule has 1 saturated heterocycles. The van der Waals surface area contributed by atoms with Crippen molar-refractivity contribution in [2.24, 2.45) is 0 Å². The quantitative estimate of drug-likeness (QED) is 0.675. The number of benzene rings is 1. The number of hydrogen-bond acceptors (Lipinski definition) is 4. The SMILES string of the molecule is CCCn1c(CCC(=O)N(C)CC)nc2cc(S(=O)(=O)N3CCCC3)ccc21. The average Bonchev–Trinajstić information content (AvgIpc) is 3.34. The highest BCUT2D eigenvalue weighted by molar-refractivity contribution is 7.89. The van der Waals surface area contributed by atoms with Gasteiger partial charge in [-0.05, 0) is 44.4 Å². The molecule has 8 heteroatoms. The number of amides is 1. The number of aryl methyl sites for hydroxylation is 2. The first kappa shape index (κ1) is 20.8. The van der Waals surface area contributed by atoms with Gasteiger partial charge in [0.2, 0.25) is 15.9 Å². The van der Waals surface area contributed by atoms with Gasteiger partial charge in [-0.15, -0.1) is 0 Å². The van der Waals surface area contributed by atoms with Crippen LogP contribution >= 0.6 is 0 Å². The van der Waals surface area contributed by atoms with E-state index < -0.39 is 10.0 Å². The van der Waals surface area contributed by atoms with Crippen molar-refractivity contribution in [2.45, 2.75) is 57.4 Å². The summed E-state index contributed by atoms with van der Waals surface area (Å²) in [5, 5.41) is 0. The Morgan fingerprint density at radius 3 is 2.57 bits per heavy atom. The van der Waals surface area contributed by atoms with Crippen LogP contribution in [0, 0.1) is 0 Å². The van der Waals surface area contributed by atoms with Crippen LogP contribution in [0.25, 0.3) is 11.0 Å². The molecule has 1 aliphatic rings. The largest absolute Gasteiger partial charge is 0.346 e. The lowest BCUT2D eigenvalue weighted by Gasteiger charge is -2.15. The van der Waals surface area contributed by atoms with Crippen LogP contribution in [0.2, 0.25) is 0 Å². The Hall–Kier alpha value is -1.93. The van der Waals surface area contributed by atoms with Crippen molar-refractivity contribution in [3.05, 3.63) is 24.0 Å². The highest BCUT2D eigenvalue weighted by Crippen LogP contribution is 2.25. The molecule has 0 aliphatic carbocycles. The van der Waals surface area contributed by atoms with Crippen molar-refractivity contribution in [3.8, 4) is 0 Å². The number of rotatable bonds is 8. The molecular formula is C20H30N4O3S. The van der Waals surface area contributed by atoms with Crippen LogP contribution in [0.5, 0.6) is 0 Å². The van der Waals surface area contributed by atoms with Gasteiger partial charge >= 0.3 is 0 Å². The Labute approximate surface area is 167 Å². The lowest BCUT2D eigenvalue weighted by atomic mass is 10.2. The second kappa shape index (κ2) is 8.61. The molecular weight excluding hydrogens is 376 g/mol. The van der Waals surface area contributed by atoms with E-state index in [0.717, 1.165) is 37.1 Å². The highest BCUT2D eigenvalue weighted by Gasteiger charge is 2.27.